The van der Waals surface area contributed by atoms with Gasteiger partial charge in [-0.05, 0) is 65.6 Å². The molecule has 36 heavy (non-hydrogen) atoms. The molecule has 4 aromatic carbocycles. The van der Waals surface area contributed by atoms with Crippen molar-refractivity contribution in [3.05, 3.63) is 96.7 Å². The van der Waals surface area contributed by atoms with Crippen molar-refractivity contribution in [2.45, 2.75) is 26.2 Å². The van der Waals surface area contributed by atoms with Crippen LogP contribution in [0.5, 0.6) is 0 Å². The van der Waals surface area contributed by atoms with E-state index in [1.807, 2.05) is 23.6 Å². The van der Waals surface area contributed by atoms with Gasteiger partial charge >= 0.3 is 0 Å². The molecule has 0 aliphatic rings. The van der Waals surface area contributed by atoms with Crippen LogP contribution in [-0.2, 0) is 5.41 Å². The van der Waals surface area contributed by atoms with Gasteiger partial charge in [0.05, 0.1) is 22.2 Å². The number of fused-ring (bicyclic) bond motifs is 10. The van der Waals surface area contributed by atoms with Crippen molar-refractivity contribution in [2.75, 3.05) is 0 Å². The lowest BCUT2D eigenvalue weighted by Gasteiger charge is -2.19. The van der Waals surface area contributed by atoms with Crippen molar-refractivity contribution in [3.63, 3.8) is 0 Å². The van der Waals surface area contributed by atoms with E-state index < -0.39 is 0 Å². The zero-order valence-electron chi connectivity index (χ0n) is 20.5. The lowest BCUT2D eigenvalue weighted by Crippen LogP contribution is -2.10. The van der Waals surface area contributed by atoms with E-state index >= 15 is 0 Å². The van der Waals surface area contributed by atoms with Crippen LogP contribution < -0.4 is 0 Å². The molecule has 172 valence electrons. The molecule has 0 bridgehead atoms. The van der Waals surface area contributed by atoms with Crippen molar-refractivity contribution in [1.82, 2.24) is 9.38 Å². The van der Waals surface area contributed by atoms with Gasteiger partial charge in [0, 0.05) is 53.5 Å². The third-order valence-corrected chi connectivity index (χ3v) is 8.86. The summed E-state index contributed by atoms with van der Waals surface area (Å²) in [5.74, 6) is 0. The van der Waals surface area contributed by atoms with Gasteiger partial charge in [0.2, 0.25) is 0 Å². The predicted molar refractivity (Wildman–Crippen MR) is 156 cm³/mol. The molecule has 3 heteroatoms. The predicted octanol–water partition coefficient (Wildman–Crippen LogP) is 9.56. The Labute approximate surface area is 212 Å². The van der Waals surface area contributed by atoms with Gasteiger partial charge in [-0.2, -0.15) is 0 Å². The van der Waals surface area contributed by atoms with Crippen LogP contribution in [0.15, 0.2) is 91.1 Å². The number of thiophene rings is 1. The average Bonchev–Trinajstić information content (AvgIpc) is 3.54. The second-order valence-electron chi connectivity index (χ2n) is 10.9. The Bertz CT molecular complexity index is 2120. The van der Waals surface area contributed by atoms with Crippen molar-refractivity contribution < 1.29 is 0 Å². The van der Waals surface area contributed by atoms with E-state index in [0.717, 1.165) is 11.3 Å². The highest BCUT2D eigenvalue weighted by molar-refractivity contribution is 7.26. The van der Waals surface area contributed by atoms with Crippen molar-refractivity contribution in [1.29, 1.82) is 0 Å². The van der Waals surface area contributed by atoms with Crippen LogP contribution in [0, 0.1) is 0 Å². The highest BCUT2D eigenvalue weighted by Gasteiger charge is 2.24. The first-order chi connectivity index (χ1) is 17.5. The van der Waals surface area contributed by atoms with Crippen LogP contribution in [0.4, 0.5) is 0 Å². The molecule has 8 aromatic rings. The third-order valence-electron chi connectivity index (χ3n) is 7.72. The lowest BCUT2D eigenvalue weighted by atomic mass is 9.85. The molecule has 0 aliphatic heterocycles. The van der Waals surface area contributed by atoms with Gasteiger partial charge in [0.1, 0.15) is 0 Å². The van der Waals surface area contributed by atoms with E-state index in [1.54, 1.807) is 0 Å². The molecule has 0 fully saturated rings. The van der Waals surface area contributed by atoms with Gasteiger partial charge in [-0.1, -0.05) is 51.1 Å². The summed E-state index contributed by atoms with van der Waals surface area (Å²) in [5.41, 5.74) is 7.46. The Morgan fingerprint density at radius 2 is 1.47 bits per heavy atom. The maximum absolute atomic E-state index is 4.62. The number of rotatable bonds is 1. The second kappa shape index (κ2) is 6.83. The van der Waals surface area contributed by atoms with Crippen LogP contribution in [0.1, 0.15) is 26.3 Å². The van der Waals surface area contributed by atoms with Crippen LogP contribution in [0.2, 0.25) is 0 Å². The molecule has 4 aromatic heterocycles. The van der Waals surface area contributed by atoms with Crippen LogP contribution >= 0.6 is 11.3 Å². The standard InChI is InChI=1S/C33H24N2S/c1-33(2,3)20-17-23-22-16-19(25-9-6-7-15-34-25)11-12-26(22)35-27-13-14-29-31(30(27)24(18-20)32(23)35)21-8-4-5-10-28(21)36-29/h4-18H,1-3H3. The molecule has 0 N–H and O–H groups in total. The third kappa shape index (κ3) is 2.58. The van der Waals surface area contributed by atoms with Gasteiger partial charge in [0.25, 0.3) is 0 Å². The van der Waals surface area contributed by atoms with E-state index in [1.165, 1.54) is 63.8 Å². The molecule has 0 radical (unpaired) electrons. The quantitative estimate of drug-likeness (QED) is 0.229. The van der Waals surface area contributed by atoms with Crippen LogP contribution in [0.3, 0.4) is 0 Å². The molecule has 4 heterocycles. The number of aromatic nitrogens is 2. The van der Waals surface area contributed by atoms with Crippen molar-refractivity contribution in [3.8, 4) is 11.3 Å². The maximum atomic E-state index is 4.62. The molecular weight excluding hydrogens is 456 g/mol. The van der Waals surface area contributed by atoms with Gasteiger partial charge in [-0.15, -0.1) is 11.3 Å². The Balaban J connectivity index is 1.61. The molecular formula is C33H24N2S. The van der Waals surface area contributed by atoms with E-state index in [4.69, 9.17) is 0 Å². The fourth-order valence-corrected chi connectivity index (χ4v) is 7.09. The zero-order chi connectivity index (χ0) is 24.2. The molecule has 0 spiro atoms. The minimum Gasteiger partial charge on any atom is -0.308 e. The Hall–Kier alpha value is -3.95. The van der Waals surface area contributed by atoms with Crippen LogP contribution in [0.25, 0.3) is 69.5 Å². The summed E-state index contributed by atoms with van der Waals surface area (Å²) >= 11 is 1.90. The fourth-order valence-electron chi connectivity index (χ4n) is 5.98. The first-order valence-corrected chi connectivity index (χ1v) is 13.3. The minimum atomic E-state index is 0.0467. The topological polar surface area (TPSA) is 17.3 Å². The molecule has 0 saturated heterocycles. The molecule has 0 unspecified atom stereocenters. The summed E-state index contributed by atoms with van der Waals surface area (Å²) in [5, 5.41) is 8.11. The number of benzene rings is 4. The lowest BCUT2D eigenvalue weighted by molar-refractivity contribution is 0.592. The van der Waals surface area contributed by atoms with E-state index in [2.05, 4.69) is 109 Å². The van der Waals surface area contributed by atoms with Crippen molar-refractivity contribution in [2.24, 2.45) is 0 Å². The minimum absolute atomic E-state index is 0.0467. The normalized spacial score (nSPS) is 12.9. The monoisotopic (exact) mass is 480 g/mol. The number of nitrogens with zero attached hydrogens (tertiary/aromatic N) is 2. The fraction of sp³-hybridized carbons (Fsp3) is 0.121. The van der Waals surface area contributed by atoms with Gasteiger partial charge in [-0.25, -0.2) is 0 Å². The zero-order valence-corrected chi connectivity index (χ0v) is 21.3. The number of pyridine rings is 1. The second-order valence-corrected chi connectivity index (χ2v) is 12.0. The number of hydrogen-bond donors (Lipinski definition) is 0. The van der Waals surface area contributed by atoms with Gasteiger partial charge in [-0.3, -0.25) is 4.98 Å². The van der Waals surface area contributed by atoms with Gasteiger partial charge < -0.3 is 4.40 Å². The first-order valence-electron chi connectivity index (χ1n) is 12.5. The highest BCUT2D eigenvalue weighted by atomic mass is 32.1. The summed E-state index contributed by atoms with van der Waals surface area (Å²) in [6, 6.07) is 31.3. The first kappa shape index (κ1) is 20.3. The summed E-state index contributed by atoms with van der Waals surface area (Å²) in [7, 11) is 0. The smallest absolute Gasteiger partial charge is 0.0702 e. The summed E-state index contributed by atoms with van der Waals surface area (Å²) < 4.78 is 5.21. The van der Waals surface area contributed by atoms with E-state index in [-0.39, 0.29) is 5.41 Å². The summed E-state index contributed by atoms with van der Waals surface area (Å²) in [6.07, 6.45) is 1.87. The molecule has 2 nitrogen and oxygen atoms in total. The largest absolute Gasteiger partial charge is 0.308 e. The molecule has 0 amide bonds. The highest BCUT2D eigenvalue weighted by Crippen LogP contribution is 2.47. The Kier molecular flexibility index (Phi) is 3.85. The molecule has 8 rings (SSSR count). The summed E-state index contributed by atoms with van der Waals surface area (Å²) in [6.45, 7) is 6.95. The molecule has 0 saturated carbocycles. The molecule has 0 atom stereocenters. The van der Waals surface area contributed by atoms with Crippen molar-refractivity contribution >= 4 is 69.6 Å². The maximum Gasteiger partial charge on any atom is 0.0702 e. The summed E-state index contributed by atoms with van der Waals surface area (Å²) in [4.78, 5) is 4.62. The Morgan fingerprint density at radius 1 is 0.667 bits per heavy atom. The SMILES string of the molecule is CC(C)(C)c1cc2c3cc(-c4ccccn4)ccc3n3c4ccc5sc6ccccc6c5c4c(c1)c23. The molecule has 0 aliphatic carbocycles. The Morgan fingerprint density at radius 3 is 2.31 bits per heavy atom. The average molecular weight is 481 g/mol. The van der Waals surface area contributed by atoms with E-state index in [9.17, 15) is 0 Å². The van der Waals surface area contributed by atoms with Crippen LogP contribution in [-0.4, -0.2) is 9.38 Å². The van der Waals surface area contributed by atoms with E-state index in [0.29, 0.717) is 0 Å². The number of hydrogen-bond acceptors (Lipinski definition) is 2. The van der Waals surface area contributed by atoms with Gasteiger partial charge in [0.15, 0.2) is 0 Å².